The highest BCUT2D eigenvalue weighted by atomic mass is 35.5. The minimum atomic E-state index is -0.381. The standard InChI is InChI=1S/C7H11ClN2O/c8-7(5-9)6-10-1-3-11-4-2-10/h7H,1-4,6H2. The molecule has 0 amide bonds. The smallest absolute Gasteiger partial charge is 0.133 e. The van der Waals surface area contributed by atoms with Gasteiger partial charge < -0.3 is 4.74 Å². The molecule has 3 nitrogen and oxygen atoms in total. The Hall–Kier alpha value is -0.300. The molecule has 1 saturated heterocycles. The minimum Gasteiger partial charge on any atom is -0.379 e. The molecule has 0 N–H and O–H groups in total. The summed E-state index contributed by atoms with van der Waals surface area (Å²) >= 11 is 5.66. The van der Waals surface area contributed by atoms with Crippen molar-refractivity contribution in [2.45, 2.75) is 5.38 Å². The molecule has 1 unspecified atom stereocenters. The average Bonchev–Trinajstić information content (AvgIpc) is 2.06. The van der Waals surface area contributed by atoms with E-state index in [1.807, 2.05) is 6.07 Å². The molecular weight excluding hydrogens is 164 g/mol. The van der Waals surface area contributed by atoms with Crippen molar-refractivity contribution < 1.29 is 4.74 Å². The van der Waals surface area contributed by atoms with Gasteiger partial charge in [0.1, 0.15) is 5.38 Å². The van der Waals surface area contributed by atoms with Gasteiger partial charge in [0.05, 0.1) is 19.3 Å². The van der Waals surface area contributed by atoms with Crippen LogP contribution in [0.5, 0.6) is 0 Å². The second kappa shape index (κ2) is 4.55. The van der Waals surface area contributed by atoms with Gasteiger partial charge in [-0.15, -0.1) is 11.6 Å². The topological polar surface area (TPSA) is 36.3 Å². The quantitative estimate of drug-likeness (QED) is 0.571. The molecule has 0 aromatic heterocycles. The van der Waals surface area contributed by atoms with Crippen molar-refractivity contribution in [3.8, 4) is 6.07 Å². The average molecular weight is 175 g/mol. The number of rotatable bonds is 2. The van der Waals surface area contributed by atoms with Gasteiger partial charge in [-0.1, -0.05) is 0 Å². The zero-order valence-electron chi connectivity index (χ0n) is 6.29. The van der Waals surface area contributed by atoms with Crippen LogP contribution in [0.25, 0.3) is 0 Å². The number of ether oxygens (including phenoxy) is 1. The van der Waals surface area contributed by atoms with Crippen LogP contribution in [0.3, 0.4) is 0 Å². The molecule has 1 fully saturated rings. The number of hydrogen-bond acceptors (Lipinski definition) is 3. The lowest BCUT2D eigenvalue weighted by Gasteiger charge is -2.26. The van der Waals surface area contributed by atoms with Gasteiger partial charge >= 0.3 is 0 Å². The lowest BCUT2D eigenvalue weighted by atomic mass is 10.3. The highest BCUT2D eigenvalue weighted by Gasteiger charge is 2.13. The van der Waals surface area contributed by atoms with Crippen LogP contribution in [-0.2, 0) is 4.74 Å². The summed E-state index contributed by atoms with van der Waals surface area (Å²) in [4.78, 5) is 2.14. The van der Waals surface area contributed by atoms with Gasteiger partial charge in [-0.2, -0.15) is 5.26 Å². The maximum Gasteiger partial charge on any atom is 0.133 e. The zero-order valence-corrected chi connectivity index (χ0v) is 7.05. The number of alkyl halides is 1. The molecule has 0 aromatic carbocycles. The van der Waals surface area contributed by atoms with Gasteiger partial charge in [0, 0.05) is 19.6 Å². The summed E-state index contributed by atoms with van der Waals surface area (Å²) in [7, 11) is 0. The molecule has 0 aromatic rings. The molecule has 62 valence electrons. The van der Waals surface area contributed by atoms with E-state index >= 15 is 0 Å². The van der Waals surface area contributed by atoms with Crippen LogP contribution in [0, 0.1) is 11.3 Å². The third-order valence-corrected chi connectivity index (χ3v) is 1.90. The summed E-state index contributed by atoms with van der Waals surface area (Å²) in [6, 6.07) is 2.00. The molecule has 4 heteroatoms. The van der Waals surface area contributed by atoms with Crippen molar-refractivity contribution in [2.24, 2.45) is 0 Å². The van der Waals surface area contributed by atoms with Gasteiger partial charge in [-0.3, -0.25) is 4.90 Å². The Kier molecular flexibility index (Phi) is 3.64. The van der Waals surface area contributed by atoms with Crippen molar-refractivity contribution in [3.63, 3.8) is 0 Å². The molecular formula is C7H11ClN2O. The first-order valence-electron chi connectivity index (χ1n) is 3.66. The van der Waals surface area contributed by atoms with Gasteiger partial charge in [-0.25, -0.2) is 0 Å². The fourth-order valence-corrected chi connectivity index (χ4v) is 1.25. The Morgan fingerprint density at radius 3 is 2.73 bits per heavy atom. The molecule has 0 saturated carbocycles. The summed E-state index contributed by atoms with van der Waals surface area (Å²) in [6.45, 7) is 3.96. The number of morpholine rings is 1. The number of halogens is 1. The Bertz CT molecular complexity index is 151. The predicted octanol–water partition coefficient (Wildman–Crippen LogP) is 0.450. The summed E-state index contributed by atoms with van der Waals surface area (Å²) in [6.07, 6.45) is 0. The molecule has 1 rings (SSSR count). The van der Waals surface area contributed by atoms with Gasteiger partial charge in [0.25, 0.3) is 0 Å². The normalized spacial score (nSPS) is 22.5. The van der Waals surface area contributed by atoms with Crippen LogP contribution in [0.1, 0.15) is 0 Å². The Labute approximate surface area is 71.5 Å². The molecule has 11 heavy (non-hydrogen) atoms. The summed E-state index contributed by atoms with van der Waals surface area (Å²) in [5.41, 5.74) is 0. The first-order chi connectivity index (χ1) is 5.33. The molecule has 0 spiro atoms. The van der Waals surface area contributed by atoms with Crippen molar-refractivity contribution in [1.29, 1.82) is 5.26 Å². The molecule has 0 radical (unpaired) electrons. The highest BCUT2D eigenvalue weighted by Crippen LogP contribution is 2.01. The Morgan fingerprint density at radius 1 is 1.55 bits per heavy atom. The van der Waals surface area contributed by atoms with Crippen LogP contribution >= 0.6 is 11.6 Å². The van der Waals surface area contributed by atoms with Crippen LogP contribution in [0.15, 0.2) is 0 Å². The molecule has 1 aliphatic rings. The molecule has 1 aliphatic heterocycles. The van der Waals surface area contributed by atoms with Crippen molar-refractivity contribution in [3.05, 3.63) is 0 Å². The Balaban J connectivity index is 2.20. The first kappa shape index (κ1) is 8.79. The lowest BCUT2D eigenvalue weighted by Crippen LogP contribution is -2.39. The maximum atomic E-state index is 8.43. The third-order valence-electron chi connectivity index (χ3n) is 1.66. The summed E-state index contributed by atoms with van der Waals surface area (Å²) in [5, 5.41) is 8.04. The van der Waals surface area contributed by atoms with Gasteiger partial charge in [0.2, 0.25) is 0 Å². The largest absolute Gasteiger partial charge is 0.379 e. The minimum absolute atomic E-state index is 0.381. The van der Waals surface area contributed by atoms with Crippen LogP contribution in [0.4, 0.5) is 0 Å². The third kappa shape index (κ3) is 3.06. The predicted molar refractivity (Wildman–Crippen MR) is 42.5 cm³/mol. The van der Waals surface area contributed by atoms with E-state index in [1.165, 1.54) is 0 Å². The van der Waals surface area contributed by atoms with E-state index in [1.54, 1.807) is 0 Å². The molecule has 0 bridgehead atoms. The van der Waals surface area contributed by atoms with Crippen molar-refractivity contribution in [1.82, 2.24) is 4.90 Å². The monoisotopic (exact) mass is 174 g/mol. The maximum absolute atomic E-state index is 8.43. The fraction of sp³-hybridized carbons (Fsp3) is 0.857. The van der Waals surface area contributed by atoms with E-state index in [2.05, 4.69) is 4.90 Å². The molecule has 1 heterocycles. The van der Waals surface area contributed by atoms with Crippen molar-refractivity contribution in [2.75, 3.05) is 32.8 Å². The van der Waals surface area contributed by atoms with E-state index in [0.29, 0.717) is 6.54 Å². The van der Waals surface area contributed by atoms with Gasteiger partial charge in [0.15, 0.2) is 0 Å². The van der Waals surface area contributed by atoms with E-state index in [9.17, 15) is 0 Å². The highest BCUT2D eigenvalue weighted by molar-refractivity contribution is 6.22. The second-order valence-corrected chi connectivity index (χ2v) is 3.04. The van der Waals surface area contributed by atoms with E-state index in [-0.39, 0.29) is 5.38 Å². The molecule has 0 aliphatic carbocycles. The van der Waals surface area contributed by atoms with E-state index in [4.69, 9.17) is 21.6 Å². The summed E-state index contributed by atoms with van der Waals surface area (Å²) in [5.74, 6) is 0. The van der Waals surface area contributed by atoms with Crippen molar-refractivity contribution >= 4 is 11.6 Å². The van der Waals surface area contributed by atoms with E-state index < -0.39 is 0 Å². The second-order valence-electron chi connectivity index (χ2n) is 2.51. The fourth-order valence-electron chi connectivity index (χ4n) is 1.05. The zero-order chi connectivity index (χ0) is 8.10. The lowest BCUT2D eigenvalue weighted by molar-refractivity contribution is 0.0393. The van der Waals surface area contributed by atoms with Gasteiger partial charge in [-0.05, 0) is 0 Å². The van der Waals surface area contributed by atoms with Crippen LogP contribution < -0.4 is 0 Å². The molecule has 1 atom stereocenters. The number of nitrogens with zero attached hydrogens (tertiary/aromatic N) is 2. The van der Waals surface area contributed by atoms with Crippen LogP contribution in [-0.4, -0.2) is 43.1 Å². The first-order valence-corrected chi connectivity index (χ1v) is 4.10. The van der Waals surface area contributed by atoms with E-state index in [0.717, 1.165) is 26.3 Å². The number of hydrogen-bond donors (Lipinski definition) is 0. The van der Waals surface area contributed by atoms with Crippen LogP contribution in [0.2, 0.25) is 0 Å². The summed E-state index contributed by atoms with van der Waals surface area (Å²) < 4.78 is 5.15. The number of nitriles is 1. The Morgan fingerprint density at radius 2 is 2.18 bits per heavy atom. The SMILES string of the molecule is N#CC(Cl)CN1CCOCC1.